The van der Waals surface area contributed by atoms with Gasteiger partial charge < -0.3 is 19.6 Å². The predicted octanol–water partition coefficient (Wildman–Crippen LogP) is 11.2. The first-order valence-corrected chi connectivity index (χ1v) is 21.6. The lowest BCUT2D eigenvalue weighted by Gasteiger charge is -2.73. The molecule has 7 heteroatoms. The highest BCUT2D eigenvalue weighted by Crippen LogP contribution is 2.78. The zero-order chi connectivity index (χ0) is 40.3. The summed E-state index contributed by atoms with van der Waals surface area (Å²) < 4.78 is 11.7. The molecule has 5 rings (SSSR count). The first-order valence-electron chi connectivity index (χ1n) is 21.6. The summed E-state index contributed by atoms with van der Waals surface area (Å²) in [6.07, 6.45) is 14.3. The highest BCUT2D eigenvalue weighted by molar-refractivity contribution is 5.84. The van der Waals surface area contributed by atoms with Gasteiger partial charge >= 0.3 is 12.1 Å². The van der Waals surface area contributed by atoms with Gasteiger partial charge in [-0.15, -0.1) is 0 Å². The summed E-state index contributed by atoms with van der Waals surface area (Å²) in [4.78, 5) is 50.3. The van der Waals surface area contributed by atoms with Crippen LogP contribution in [0.25, 0.3) is 0 Å². The molecule has 5 fully saturated rings. The number of hydrogen-bond acceptors (Lipinski definition) is 6. The van der Waals surface area contributed by atoms with Crippen LogP contribution in [0.3, 0.4) is 0 Å². The molecule has 306 valence electrons. The van der Waals surface area contributed by atoms with Crippen molar-refractivity contribution in [2.45, 2.75) is 191 Å². The van der Waals surface area contributed by atoms with Crippen molar-refractivity contribution < 1.29 is 28.7 Å². The SMILES string of the molecule is C=C(C)[C@@H]1CC[C@]2(CCCC(=O)CNC(=O)OC(C)(C)C)CC[C@]3(C)[C@H](CC[C@@H]4[C@@]5(C)CC[C@H](OC(=O)CC(C)(C)CC(C)=O)C(C)(C)[C@@H]5CC[C@]43C)[C@@H]12. The van der Waals surface area contributed by atoms with Gasteiger partial charge in [0.2, 0.25) is 0 Å². The number of allylic oxidation sites excluding steroid dienone is 1. The average Bonchev–Trinajstić information content (AvgIpc) is 3.40. The quantitative estimate of drug-likeness (QED) is 0.157. The molecule has 1 N–H and O–H groups in total. The Hall–Kier alpha value is -2.18. The van der Waals surface area contributed by atoms with Crippen LogP contribution in [0.1, 0.15) is 179 Å². The van der Waals surface area contributed by atoms with Crippen molar-refractivity contribution in [3.8, 4) is 0 Å². The van der Waals surface area contributed by atoms with Gasteiger partial charge in [-0.3, -0.25) is 9.59 Å². The Balaban J connectivity index is 1.30. The highest BCUT2D eigenvalue weighted by Gasteiger charge is 2.71. The van der Waals surface area contributed by atoms with Crippen LogP contribution in [0.4, 0.5) is 4.79 Å². The number of ether oxygens (including phenoxy) is 2. The van der Waals surface area contributed by atoms with Crippen molar-refractivity contribution in [1.29, 1.82) is 0 Å². The number of rotatable bonds is 12. The molecule has 0 aromatic carbocycles. The standard InChI is InChI=1S/C47H77NO6/c1-30(2)33-18-24-47(21-14-15-32(50)29-48-40(52)54-41(4,5)6)26-25-45(12)34(39(33)47)16-17-36-44(11)22-20-37(43(9,10)35(44)19-23-46(36,45)13)53-38(51)28-42(7,8)27-31(3)49/h33-37,39H,1,14-29H2,2-13H3,(H,48,52)/t33-,34+,35-,36+,37-,39+,44-,45+,46+,47+/m0/s1. The first kappa shape index (κ1) is 43.0. The molecule has 0 bridgehead atoms. The van der Waals surface area contributed by atoms with Gasteiger partial charge in [0.1, 0.15) is 17.5 Å². The molecule has 0 radical (unpaired) electrons. The molecule has 10 atom stereocenters. The fraction of sp³-hybridized carbons (Fsp3) is 0.872. The Bertz CT molecular complexity index is 1470. The minimum atomic E-state index is -0.588. The van der Waals surface area contributed by atoms with Crippen LogP contribution in [0.5, 0.6) is 0 Å². The second-order valence-corrected chi connectivity index (χ2v) is 22.4. The average molecular weight is 752 g/mol. The van der Waals surface area contributed by atoms with Crippen LogP contribution < -0.4 is 5.32 Å². The molecule has 0 heterocycles. The van der Waals surface area contributed by atoms with Gasteiger partial charge in [0.25, 0.3) is 0 Å². The Morgan fingerprint density at radius 3 is 2.09 bits per heavy atom. The van der Waals surface area contributed by atoms with Gasteiger partial charge in [-0.2, -0.15) is 0 Å². The lowest BCUT2D eigenvalue weighted by molar-refractivity contribution is -0.250. The van der Waals surface area contributed by atoms with Gasteiger partial charge in [0, 0.05) is 18.3 Å². The molecule has 1 amide bonds. The summed E-state index contributed by atoms with van der Waals surface area (Å²) >= 11 is 0. The van der Waals surface area contributed by atoms with Crippen molar-refractivity contribution in [3.63, 3.8) is 0 Å². The van der Waals surface area contributed by atoms with E-state index in [0.29, 0.717) is 42.4 Å². The molecule has 0 unspecified atom stereocenters. The maximum absolute atomic E-state index is 13.3. The van der Waals surface area contributed by atoms with E-state index in [0.717, 1.165) is 25.7 Å². The number of carbonyl (C=O) groups excluding carboxylic acids is 4. The molecular formula is C47H77NO6. The van der Waals surface area contributed by atoms with Crippen LogP contribution in [0, 0.1) is 62.1 Å². The van der Waals surface area contributed by atoms with Gasteiger partial charge in [-0.25, -0.2) is 4.79 Å². The second kappa shape index (κ2) is 15.0. The minimum absolute atomic E-state index is 0.0270. The van der Waals surface area contributed by atoms with E-state index < -0.39 is 17.1 Å². The molecule has 5 aliphatic rings. The number of Topliss-reactive ketones (excluding diaryl/α,β-unsaturated/α-hetero) is 2. The minimum Gasteiger partial charge on any atom is -0.462 e. The maximum Gasteiger partial charge on any atom is 0.408 e. The third kappa shape index (κ3) is 8.00. The fourth-order valence-corrected chi connectivity index (χ4v) is 14.4. The summed E-state index contributed by atoms with van der Waals surface area (Å²) in [5, 5.41) is 2.66. The molecule has 5 aliphatic carbocycles. The summed E-state index contributed by atoms with van der Waals surface area (Å²) in [7, 11) is 0. The Morgan fingerprint density at radius 1 is 0.778 bits per heavy atom. The summed E-state index contributed by atoms with van der Waals surface area (Å²) in [6.45, 7) is 30.6. The molecule has 0 spiro atoms. The zero-order valence-electron chi connectivity index (χ0n) is 36.4. The molecule has 0 aromatic rings. The van der Waals surface area contributed by atoms with Crippen LogP contribution in [0.15, 0.2) is 12.2 Å². The van der Waals surface area contributed by atoms with Crippen molar-refractivity contribution in [2.75, 3.05) is 6.54 Å². The van der Waals surface area contributed by atoms with Gasteiger partial charge in [0.15, 0.2) is 5.78 Å². The zero-order valence-corrected chi connectivity index (χ0v) is 36.4. The molecule has 5 saturated carbocycles. The van der Waals surface area contributed by atoms with Crippen LogP contribution in [-0.2, 0) is 23.9 Å². The van der Waals surface area contributed by atoms with E-state index in [2.05, 4.69) is 53.4 Å². The molecule has 0 aliphatic heterocycles. The molecule has 7 nitrogen and oxygen atoms in total. The highest BCUT2D eigenvalue weighted by atomic mass is 16.6. The lowest BCUT2D eigenvalue weighted by Crippen LogP contribution is -2.66. The molecular weight excluding hydrogens is 675 g/mol. The second-order valence-electron chi connectivity index (χ2n) is 22.4. The number of fused-ring (bicyclic) bond motifs is 7. The van der Waals surface area contributed by atoms with Crippen LogP contribution >= 0.6 is 0 Å². The molecule has 0 saturated heterocycles. The third-order valence-electron chi connectivity index (χ3n) is 16.8. The van der Waals surface area contributed by atoms with E-state index in [9.17, 15) is 19.2 Å². The predicted molar refractivity (Wildman–Crippen MR) is 216 cm³/mol. The van der Waals surface area contributed by atoms with E-state index in [-0.39, 0.29) is 63.7 Å². The number of hydrogen-bond donors (Lipinski definition) is 1. The smallest absolute Gasteiger partial charge is 0.408 e. The number of esters is 1. The van der Waals surface area contributed by atoms with Gasteiger partial charge in [-0.1, -0.05) is 60.6 Å². The van der Waals surface area contributed by atoms with Crippen LogP contribution in [0.2, 0.25) is 0 Å². The Morgan fingerprint density at radius 2 is 1.46 bits per heavy atom. The molecule has 54 heavy (non-hydrogen) atoms. The normalized spacial score (nSPS) is 38.5. The largest absolute Gasteiger partial charge is 0.462 e. The van der Waals surface area contributed by atoms with Crippen LogP contribution in [-0.4, -0.2) is 41.9 Å². The van der Waals surface area contributed by atoms with E-state index >= 15 is 0 Å². The van der Waals surface area contributed by atoms with E-state index in [4.69, 9.17) is 9.47 Å². The van der Waals surface area contributed by atoms with E-state index in [1.807, 2.05) is 34.6 Å². The summed E-state index contributed by atoms with van der Waals surface area (Å²) in [6, 6.07) is 0. The molecule has 0 aromatic heterocycles. The van der Waals surface area contributed by atoms with Crippen molar-refractivity contribution in [3.05, 3.63) is 12.2 Å². The third-order valence-corrected chi connectivity index (χ3v) is 16.8. The Labute approximate surface area is 328 Å². The fourth-order valence-electron chi connectivity index (χ4n) is 14.4. The first-order chi connectivity index (χ1) is 24.8. The lowest BCUT2D eigenvalue weighted by atomic mass is 9.32. The van der Waals surface area contributed by atoms with E-state index in [1.165, 1.54) is 56.9 Å². The number of amides is 1. The summed E-state index contributed by atoms with van der Waals surface area (Å²) in [5.41, 5.74) is 1.14. The monoisotopic (exact) mass is 752 g/mol. The number of ketones is 2. The topological polar surface area (TPSA) is 98.8 Å². The van der Waals surface area contributed by atoms with Crippen molar-refractivity contribution >= 4 is 23.6 Å². The Kier molecular flexibility index (Phi) is 11.9. The maximum atomic E-state index is 13.3. The van der Waals surface area contributed by atoms with Crippen molar-refractivity contribution in [2.24, 2.45) is 62.1 Å². The summed E-state index contributed by atoms with van der Waals surface area (Å²) in [5.74, 6) is 2.92. The number of alkyl carbamates (subject to hydrolysis) is 1. The number of nitrogens with one attached hydrogen (secondary N) is 1. The van der Waals surface area contributed by atoms with Gasteiger partial charge in [0.05, 0.1) is 13.0 Å². The van der Waals surface area contributed by atoms with Crippen molar-refractivity contribution in [1.82, 2.24) is 5.32 Å². The van der Waals surface area contributed by atoms with Gasteiger partial charge in [-0.05, 0) is 168 Å². The van der Waals surface area contributed by atoms with E-state index in [1.54, 1.807) is 6.92 Å². The number of carbonyl (C=O) groups is 4.